The van der Waals surface area contributed by atoms with E-state index >= 15 is 0 Å². The molecule has 0 unspecified atom stereocenters. The molecule has 0 spiro atoms. The topological polar surface area (TPSA) is 45.2 Å². The lowest BCUT2D eigenvalue weighted by Crippen LogP contribution is -2.27. The van der Waals surface area contributed by atoms with Crippen molar-refractivity contribution in [3.05, 3.63) is 23.4 Å². The van der Waals surface area contributed by atoms with Crippen LogP contribution in [0.15, 0.2) is 12.3 Å². The van der Waals surface area contributed by atoms with E-state index in [2.05, 4.69) is 31.1 Å². The lowest BCUT2D eigenvalue weighted by atomic mass is 10.1. The van der Waals surface area contributed by atoms with Crippen LogP contribution in [0.2, 0.25) is 0 Å². The van der Waals surface area contributed by atoms with Crippen molar-refractivity contribution in [1.29, 1.82) is 0 Å². The molecule has 1 aromatic rings. The van der Waals surface area contributed by atoms with E-state index in [0.717, 1.165) is 16.9 Å². The van der Waals surface area contributed by atoms with Crippen molar-refractivity contribution in [2.45, 2.75) is 52.7 Å². The summed E-state index contributed by atoms with van der Waals surface area (Å²) in [5.74, 6) is 0.888. The molecule has 0 aliphatic heterocycles. The normalized spacial score (nSPS) is 13.6. The van der Waals surface area contributed by atoms with Gasteiger partial charge in [0.2, 0.25) is 0 Å². The highest BCUT2D eigenvalue weighted by atomic mass is 16.3. The monoisotopic (exact) mass is 222 g/mol. The molecule has 0 aliphatic rings. The van der Waals surface area contributed by atoms with E-state index < -0.39 is 6.10 Å². The number of hydrogen-bond donors (Lipinski definition) is 2. The summed E-state index contributed by atoms with van der Waals surface area (Å²) in [6.07, 6.45) is 2.05. The summed E-state index contributed by atoms with van der Waals surface area (Å²) in [6.45, 7) is 10.3. The molecule has 0 amide bonds. The lowest BCUT2D eigenvalue weighted by molar-refractivity contribution is 0.173. The number of anilines is 1. The third kappa shape index (κ3) is 3.49. The fraction of sp³-hybridized carbons (Fsp3) is 0.615. The molecule has 1 rings (SSSR count). The highest BCUT2D eigenvalue weighted by molar-refractivity contribution is 5.46. The molecule has 0 saturated heterocycles. The van der Waals surface area contributed by atoms with E-state index in [1.54, 1.807) is 6.20 Å². The van der Waals surface area contributed by atoms with Gasteiger partial charge in [0.15, 0.2) is 0 Å². The molecule has 0 bridgehead atoms. The molecule has 2 N–H and O–H groups in total. The van der Waals surface area contributed by atoms with Crippen LogP contribution in [0.3, 0.4) is 0 Å². The number of aryl methyl sites for hydroxylation is 1. The first-order valence-electron chi connectivity index (χ1n) is 5.76. The molecule has 16 heavy (non-hydrogen) atoms. The van der Waals surface area contributed by atoms with Crippen molar-refractivity contribution in [2.75, 3.05) is 5.32 Å². The first-order chi connectivity index (χ1) is 7.33. The second-order valence-corrected chi connectivity index (χ2v) is 5.23. The third-order valence-corrected chi connectivity index (χ3v) is 2.36. The van der Waals surface area contributed by atoms with Crippen molar-refractivity contribution in [2.24, 2.45) is 0 Å². The minimum absolute atomic E-state index is 0.00263. The fourth-order valence-electron chi connectivity index (χ4n) is 1.50. The van der Waals surface area contributed by atoms with E-state index in [9.17, 15) is 5.11 Å². The van der Waals surface area contributed by atoms with E-state index in [-0.39, 0.29) is 5.54 Å². The molecule has 0 saturated carbocycles. The maximum absolute atomic E-state index is 9.72. The Labute approximate surface area is 97.9 Å². The van der Waals surface area contributed by atoms with Crippen molar-refractivity contribution >= 4 is 5.82 Å². The Hall–Kier alpha value is -1.09. The zero-order valence-electron chi connectivity index (χ0n) is 10.8. The van der Waals surface area contributed by atoms with Gasteiger partial charge in [0.25, 0.3) is 0 Å². The van der Waals surface area contributed by atoms with Crippen LogP contribution in [0.4, 0.5) is 5.82 Å². The number of hydrogen-bond acceptors (Lipinski definition) is 3. The number of aliphatic hydroxyl groups excluding tert-OH is 1. The molecule has 1 atom stereocenters. The van der Waals surface area contributed by atoms with Gasteiger partial charge < -0.3 is 10.4 Å². The average Bonchev–Trinajstić information content (AvgIpc) is 2.18. The second-order valence-electron chi connectivity index (χ2n) is 5.23. The van der Waals surface area contributed by atoms with Gasteiger partial charge in [-0.15, -0.1) is 0 Å². The van der Waals surface area contributed by atoms with E-state index in [1.807, 2.05) is 19.9 Å². The van der Waals surface area contributed by atoms with Crippen LogP contribution in [-0.4, -0.2) is 15.6 Å². The molecule has 0 aromatic carbocycles. The molecule has 1 aromatic heterocycles. The van der Waals surface area contributed by atoms with Gasteiger partial charge in [-0.3, -0.25) is 0 Å². The van der Waals surface area contributed by atoms with Gasteiger partial charge in [0.05, 0.1) is 6.10 Å². The van der Waals surface area contributed by atoms with Crippen molar-refractivity contribution in [1.82, 2.24) is 4.98 Å². The van der Waals surface area contributed by atoms with Crippen molar-refractivity contribution < 1.29 is 5.11 Å². The Kier molecular flexibility index (Phi) is 3.92. The first-order valence-corrected chi connectivity index (χ1v) is 5.76. The quantitative estimate of drug-likeness (QED) is 0.826. The molecule has 3 nitrogen and oxygen atoms in total. The first kappa shape index (κ1) is 13.0. The zero-order chi connectivity index (χ0) is 12.3. The van der Waals surface area contributed by atoms with Crippen LogP contribution >= 0.6 is 0 Å². The Bertz CT molecular complexity index is 355. The fourth-order valence-corrected chi connectivity index (χ4v) is 1.50. The molecule has 3 heteroatoms. The number of rotatable bonds is 3. The molecule has 0 aliphatic carbocycles. The Morgan fingerprint density at radius 3 is 2.50 bits per heavy atom. The number of nitrogens with zero attached hydrogens (tertiary/aromatic N) is 1. The van der Waals surface area contributed by atoms with Crippen LogP contribution in [0, 0.1) is 6.92 Å². The minimum atomic E-state index is -0.408. The third-order valence-electron chi connectivity index (χ3n) is 2.36. The maximum atomic E-state index is 9.72. The summed E-state index contributed by atoms with van der Waals surface area (Å²) in [4.78, 5) is 4.36. The second kappa shape index (κ2) is 4.83. The number of aromatic nitrogens is 1. The number of pyridine rings is 1. The predicted molar refractivity (Wildman–Crippen MR) is 67.6 cm³/mol. The Morgan fingerprint density at radius 2 is 2.06 bits per heavy atom. The summed E-state index contributed by atoms with van der Waals surface area (Å²) in [5.41, 5.74) is 1.96. The molecule has 90 valence electrons. The van der Waals surface area contributed by atoms with Gasteiger partial charge >= 0.3 is 0 Å². The van der Waals surface area contributed by atoms with Gasteiger partial charge in [-0.25, -0.2) is 4.98 Å². The summed E-state index contributed by atoms with van der Waals surface area (Å²) in [7, 11) is 0. The van der Waals surface area contributed by atoms with Crippen LogP contribution in [0.25, 0.3) is 0 Å². The number of nitrogens with one attached hydrogen (secondary N) is 1. The van der Waals surface area contributed by atoms with Gasteiger partial charge in [-0.05, 0) is 51.3 Å². The summed E-state index contributed by atoms with van der Waals surface area (Å²) in [6, 6.07) is 2.00. The van der Waals surface area contributed by atoms with Gasteiger partial charge in [0, 0.05) is 11.7 Å². The summed E-state index contributed by atoms with van der Waals surface area (Å²) < 4.78 is 0. The standard InChI is InChI=1S/C13H22N2O/c1-6-11(16)10-7-9(2)12(14-8-10)15-13(3,4)5/h7-8,11,16H,6H2,1-5H3,(H,14,15)/t11-/m1/s1. The highest BCUT2D eigenvalue weighted by Crippen LogP contribution is 2.22. The SMILES string of the molecule is CC[C@@H](O)c1cnc(NC(C)(C)C)c(C)c1. The molecule has 1 heterocycles. The van der Waals surface area contributed by atoms with E-state index in [4.69, 9.17) is 0 Å². The van der Waals surface area contributed by atoms with Crippen LogP contribution in [0.5, 0.6) is 0 Å². The van der Waals surface area contributed by atoms with Crippen LogP contribution in [-0.2, 0) is 0 Å². The molecular formula is C13H22N2O. The van der Waals surface area contributed by atoms with Crippen molar-refractivity contribution in [3.8, 4) is 0 Å². The maximum Gasteiger partial charge on any atom is 0.129 e. The summed E-state index contributed by atoms with van der Waals surface area (Å²) >= 11 is 0. The van der Waals surface area contributed by atoms with Crippen molar-refractivity contribution in [3.63, 3.8) is 0 Å². The smallest absolute Gasteiger partial charge is 0.129 e. The molecule has 0 fully saturated rings. The lowest BCUT2D eigenvalue weighted by Gasteiger charge is -2.23. The van der Waals surface area contributed by atoms with Crippen LogP contribution < -0.4 is 5.32 Å². The zero-order valence-corrected chi connectivity index (χ0v) is 10.8. The predicted octanol–water partition coefficient (Wildman–Crippen LogP) is 3.04. The van der Waals surface area contributed by atoms with Gasteiger partial charge in [-0.2, -0.15) is 0 Å². The average molecular weight is 222 g/mol. The highest BCUT2D eigenvalue weighted by Gasteiger charge is 2.13. The largest absolute Gasteiger partial charge is 0.388 e. The molecule has 0 radical (unpaired) electrons. The number of aliphatic hydroxyl groups is 1. The van der Waals surface area contributed by atoms with Gasteiger partial charge in [-0.1, -0.05) is 6.92 Å². The molecular weight excluding hydrogens is 200 g/mol. The van der Waals surface area contributed by atoms with Crippen LogP contribution in [0.1, 0.15) is 51.3 Å². The van der Waals surface area contributed by atoms with E-state index in [1.165, 1.54) is 0 Å². The van der Waals surface area contributed by atoms with E-state index in [0.29, 0.717) is 6.42 Å². The van der Waals surface area contributed by atoms with Gasteiger partial charge in [0.1, 0.15) is 5.82 Å². The Balaban J connectivity index is 2.92. The summed E-state index contributed by atoms with van der Waals surface area (Å²) in [5, 5.41) is 13.1. The minimum Gasteiger partial charge on any atom is -0.388 e. The Morgan fingerprint density at radius 1 is 1.44 bits per heavy atom.